The van der Waals surface area contributed by atoms with Crippen molar-refractivity contribution < 1.29 is 27.4 Å². The van der Waals surface area contributed by atoms with E-state index in [9.17, 15) is 13.2 Å². The van der Waals surface area contributed by atoms with Gasteiger partial charge in [0.25, 0.3) is 0 Å². The molecule has 0 radical (unpaired) electrons. The minimum absolute atomic E-state index is 0.127. The summed E-state index contributed by atoms with van der Waals surface area (Å²) in [7, 11) is 1.28. The standard InChI is InChI=1S/C28H27F3O3/c1-3-4-5-6-18-16-33-28(34-17-18)23-12-11-21(15-24(23)29)19-7-9-20(10-8-19)22-13-14-25(32-2)27(31)26(22)30/h3-4,7-15,18,28H,5-6,16-17H2,1-2H3/b4-3+. The van der Waals surface area contributed by atoms with Gasteiger partial charge >= 0.3 is 0 Å². The molecule has 0 spiro atoms. The van der Waals surface area contributed by atoms with E-state index in [0.717, 1.165) is 18.4 Å². The van der Waals surface area contributed by atoms with E-state index in [-0.39, 0.29) is 11.3 Å². The van der Waals surface area contributed by atoms with Crippen LogP contribution in [0.15, 0.2) is 66.7 Å². The molecule has 34 heavy (non-hydrogen) atoms. The van der Waals surface area contributed by atoms with Crippen LogP contribution in [0, 0.1) is 23.4 Å². The van der Waals surface area contributed by atoms with Crippen molar-refractivity contribution in [3.8, 4) is 28.0 Å². The van der Waals surface area contributed by atoms with E-state index in [1.54, 1.807) is 36.4 Å². The highest BCUT2D eigenvalue weighted by Crippen LogP contribution is 2.33. The lowest BCUT2D eigenvalue weighted by Crippen LogP contribution is -2.27. The van der Waals surface area contributed by atoms with E-state index in [4.69, 9.17) is 14.2 Å². The van der Waals surface area contributed by atoms with E-state index in [1.165, 1.54) is 25.3 Å². The summed E-state index contributed by atoms with van der Waals surface area (Å²) < 4.78 is 59.7. The lowest BCUT2D eigenvalue weighted by atomic mass is 9.98. The Morgan fingerprint density at radius 3 is 2.21 bits per heavy atom. The highest BCUT2D eigenvalue weighted by molar-refractivity contribution is 5.71. The number of hydrogen-bond donors (Lipinski definition) is 0. The van der Waals surface area contributed by atoms with Crippen molar-refractivity contribution in [1.82, 2.24) is 0 Å². The van der Waals surface area contributed by atoms with E-state index in [2.05, 4.69) is 6.08 Å². The molecular weight excluding hydrogens is 441 g/mol. The lowest BCUT2D eigenvalue weighted by Gasteiger charge is -2.29. The maximum atomic E-state index is 14.9. The van der Waals surface area contributed by atoms with Gasteiger partial charge < -0.3 is 14.2 Å². The highest BCUT2D eigenvalue weighted by atomic mass is 19.2. The number of benzene rings is 3. The fourth-order valence-corrected chi connectivity index (χ4v) is 4.04. The molecule has 0 N–H and O–H groups in total. The predicted molar refractivity (Wildman–Crippen MR) is 126 cm³/mol. The van der Waals surface area contributed by atoms with Crippen molar-refractivity contribution in [3.63, 3.8) is 0 Å². The van der Waals surface area contributed by atoms with Crippen molar-refractivity contribution >= 4 is 0 Å². The van der Waals surface area contributed by atoms with Crippen LogP contribution in [0.3, 0.4) is 0 Å². The maximum absolute atomic E-state index is 14.9. The molecule has 3 aromatic rings. The quantitative estimate of drug-likeness (QED) is 0.337. The Balaban J connectivity index is 1.46. The largest absolute Gasteiger partial charge is 0.494 e. The number of halogens is 3. The zero-order valence-corrected chi connectivity index (χ0v) is 19.2. The Labute approximate surface area is 197 Å². The van der Waals surface area contributed by atoms with E-state index in [1.807, 2.05) is 13.0 Å². The minimum Gasteiger partial charge on any atom is -0.494 e. The summed E-state index contributed by atoms with van der Waals surface area (Å²) >= 11 is 0. The smallest absolute Gasteiger partial charge is 0.201 e. The van der Waals surface area contributed by atoms with Crippen LogP contribution in [0.2, 0.25) is 0 Å². The van der Waals surface area contributed by atoms with Crippen LogP contribution < -0.4 is 4.74 Å². The first-order valence-corrected chi connectivity index (χ1v) is 11.3. The summed E-state index contributed by atoms with van der Waals surface area (Å²) in [4.78, 5) is 0. The first kappa shape index (κ1) is 24.0. The Hall–Kier alpha value is -3.09. The van der Waals surface area contributed by atoms with Crippen molar-refractivity contribution in [3.05, 3.63) is 89.8 Å². The van der Waals surface area contributed by atoms with Gasteiger partial charge in [0.15, 0.2) is 17.9 Å². The molecule has 0 atom stereocenters. The van der Waals surface area contributed by atoms with E-state index < -0.39 is 23.7 Å². The van der Waals surface area contributed by atoms with Crippen LogP contribution in [0.25, 0.3) is 22.3 Å². The fourth-order valence-electron chi connectivity index (χ4n) is 4.04. The van der Waals surface area contributed by atoms with Gasteiger partial charge in [0.2, 0.25) is 5.82 Å². The maximum Gasteiger partial charge on any atom is 0.201 e. The molecule has 3 aromatic carbocycles. The molecule has 1 saturated heterocycles. The molecule has 0 bridgehead atoms. The molecule has 1 aliphatic rings. The Kier molecular flexibility index (Phi) is 7.70. The summed E-state index contributed by atoms with van der Waals surface area (Å²) in [6, 6.07) is 14.6. The molecule has 4 rings (SSSR count). The van der Waals surface area contributed by atoms with Crippen molar-refractivity contribution in [2.45, 2.75) is 26.1 Å². The van der Waals surface area contributed by atoms with Gasteiger partial charge in [0, 0.05) is 17.0 Å². The third kappa shape index (κ3) is 5.18. The molecule has 1 fully saturated rings. The Bertz CT molecular complexity index is 1150. The normalized spacial score (nSPS) is 18.4. The number of ether oxygens (including phenoxy) is 3. The monoisotopic (exact) mass is 468 g/mol. The van der Waals surface area contributed by atoms with Gasteiger partial charge in [-0.1, -0.05) is 48.6 Å². The van der Waals surface area contributed by atoms with Crippen LogP contribution >= 0.6 is 0 Å². The zero-order chi connectivity index (χ0) is 24.1. The van der Waals surface area contributed by atoms with Gasteiger partial charge in [-0.15, -0.1) is 0 Å². The van der Waals surface area contributed by atoms with Crippen LogP contribution in [0.4, 0.5) is 13.2 Å². The molecule has 6 heteroatoms. The van der Waals surface area contributed by atoms with Gasteiger partial charge in [-0.25, -0.2) is 8.78 Å². The molecule has 0 saturated carbocycles. The first-order valence-electron chi connectivity index (χ1n) is 11.3. The molecule has 0 amide bonds. The summed E-state index contributed by atoms with van der Waals surface area (Å²) in [6.45, 7) is 3.06. The molecular formula is C28H27F3O3. The first-order chi connectivity index (χ1) is 16.5. The van der Waals surface area contributed by atoms with Gasteiger partial charge in [-0.3, -0.25) is 0 Å². The highest BCUT2D eigenvalue weighted by Gasteiger charge is 2.25. The van der Waals surface area contributed by atoms with Crippen molar-refractivity contribution in [2.24, 2.45) is 5.92 Å². The molecule has 0 unspecified atom stereocenters. The lowest BCUT2D eigenvalue weighted by molar-refractivity contribution is -0.207. The second kappa shape index (κ2) is 10.9. The summed E-state index contributed by atoms with van der Waals surface area (Å²) in [5.74, 6) is -2.26. The van der Waals surface area contributed by atoms with Crippen LogP contribution in [-0.2, 0) is 9.47 Å². The average Bonchev–Trinajstić information content (AvgIpc) is 2.86. The Morgan fingerprint density at radius 1 is 0.882 bits per heavy atom. The number of rotatable bonds is 7. The second-order valence-electron chi connectivity index (χ2n) is 8.27. The summed E-state index contributed by atoms with van der Waals surface area (Å²) in [6.07, 6.45) is 5.36. The van der Waals surface area contributed by atoms with Crippen molar-refractivity contribution in [1.29, 1.82) is 0 Å². The molecule has 1 heterocycles. The molecule has 3 nitrogen and oxygen atoms in total. The third-order valence-corrected chi connectivity index (χ3v) is 5.99. The van der Waals surface area contributed by atoms with Gasteiger partial charge in [-0.05, 0) is 54.7 Å². The van der Waals surface area contributed by atoms with Gasteiger partial charge in [0.05, 0.1) is 20.3 Å². The van der Waals surface area contributed by atoms with Gasteiger partial charge in [-0.2, -0.15) is 4.39 Å². The van der Waals surface area contributed by atoms with Crippen LogP contribution in [0.5, 0.6) is 5.75 Å². The molecule has 178 valence electrons. The minimum atomic E-state index is -1.03. The van der Waals surface area contributed by atoms with E-state index >= 15 is 0 Å². The average molecular weight is 469 g/mol. The number of hydrogen-bond acceptors (Lipinski definition) is 3. The summed E-state index contributed by atoms with van der Waals surface area (Å²) in [5, 5.41) is 0. The van der Waals surface area contributed by atoms with Crippen LogP contribution in [-0.4, -0.2) is 20.3 Å². The number of methoxy groups -OCH3 is 1. The molecule has 1 aliphatic heterocycles. The topological polar surface area (TPSA) is 27.7 Å². The fraction of sp³-hybridized carbons (Fsp3) is 0.286. The van der Waals surface area contributed by atoms with E-state index in [0.29, 0.717) is 35.8 Å². The van der Waals surface area contributed by atoms with Gasteiger partial charge in [0.1, 0.15) is 5.82 Å². The second-order valence-corrected chi connectivity index (χ2v) is 8.27. The number of allylic oxidation sites excluding steroid dienone is 2. The Morgan fingerprint density at radius 2 is 1.56 bits per heavy atom. The van der Waals surface area contributed by atoms with Crippen molar-refractivity contribution in [2.75, 3.05) is 20.3 Å². The third-order valence-electron chi connectivity index (χ3n) is 5.99. The summed E-state index contributed by atoms with van der Waals surface area (Å²) in [5.41, 5.74) is 2.41. The van der Waals surface area contributed by atoms with Crippen LogP contribution in [0.1, 0.15) is 31.6 Å². The molecule has 0 aromatic heterocycles. The predicted octanol–water partition coefficient (Wildman–Crippen LogP) is 7.46. The SMILES string of the molecule is C/C=C/CCC1COC(c2ccc(-c3ccc(-c4ccc(OC)c(F)c4F)cc3)cc2F)OC1. The zero-order valence-electron chi connectivity index (χ0n) is 19.2. The molecule has 0 aliphatic carbocycles.